The van der Waals surface area contributed by atoms with Crippen LogP contribution in [0.25, 0.3) is 0 Å². The molecule has 0 spiro atoms. The van der Waals surface area contributed by atoms with Crippen molar-refractivity contribution >= 4 is 11.9 Å². The van der Waals surface area contributed by atoms with Gasteiger partial charge in [0.25, 0.3) is 0 Å². The number of hydrogen-bond donors (Lipinski definition) is 3. The number of aliphatic hydroxyl groups is 2. The van der Waals surface area contributed by atoms with E-state index >= 15 is 0 Å². The van der Waals surface area contributed by atoms with E-state index in [9.17, 15) is 19.8 Å². The van der Waals surface area contributed by atoms with Crippen LogP contribution in [0.2, 0.25) is 0 Å². The first-order chi connectivity index (χ1) is 44.0. The molecule has 3 N–H and O–H groups in total. The van der Waals surface area contributed by atoms with Crippen LogP contribution in [0, 0.1) is 0 Å². The second-order valence-corrected chi connectivity index (χ2v) is 27.7. The molecule has 0 bridgehead atoms. The summed E-state index contributed by atoms with van der Waals surface area (Å²) >= 11 is 0. The molecule has 0 aliphatic rings. The summed E-state index contributed by atoms with van der Waals surface area (Å²) in [7, 11) is 0. The summed E-state index contributed by atoms with van der Waals surface area (Å²) in [6.07, 6.45) is 104. The van der Waals surface area contributed by atoms with Crippen LogP contribution in [-0.4, -0.2) is 47.4 Å². The SMILES string of the molecule is CCCCCCCCC/C=C\CCCCCCCCCC(=O)OCCCCCCCCCCCCCCC/C=C\C/C=C\CCCCCCCCCCCCCCCCCCCC(=O)NC(CO)C(O)/C=C/CCCCCCCCCCCCCCCCC. The number of hydrogen-bond acceptors (Lipinski definition) is 5. The molecule has 0 rings (SSSR count). The molecule has 1 amide bonds. The van der Waals surface area contributed by atoms with Gasteiger partial charge in [-0.2, -0.15) is 0 Å². The van der Waals surface area contributed by atoms with Crippen molar-refractivity contribution in [3.8, 4) is 0 Å². The molecule has 6 nitrogen and oxygen atoms in total. The Hall–Kier alpha value is -2.18. The normalized spacial score (nSPS) is 12.7. The number of ether oxygens (including phenoxy) is 1. The monoisotopic (exact) mass is 1250 g/mol. The summed E-state index contributed by atoms with van der Waals surface area (Å²) in [5.41, 5.74) is 0. The molecule has 0 aliphatic carbocycles. The van der Waals surface area contributed by atoms with E-state index in [1.165, 1.54) is 366 Å². The van der Waals surface area contributed by atoms with E-state index in [1.54, 1.807) is 6.08 Å². The van der Waals surface area contributed by atoms with E-state index in [4.69, 9.17) is 4.74 Å². The van der Waals surface area contributed by atoms with Crippen LogP contribution < -0.4 is 5.32 Å². The van der Waals surface area contributed by atoms with E-state index in [0.717, 1.165) is 51.4 Å². The van der Waals surface area contributed by atoms with Crippen LogP contribution in [0.3, 0.4) is 0 Å². The summed E-state index contributed by atoms with van der Waals surface area (Å²) in [5, 5.41) is 23.2. The second-order valence-electron chi connectivity index (χ2n) is 27.7. The molecule has 524 valence electrons. The molecule has 2 atom stereocenters. The molecule has 0 radical (unpaired) electrons. The highest BCUT2D eigenvalue weighted by Crippen LogP contribution is 2.19. The lowest BCUT2D eigenvalue weighted by atomic mass is 10.0. The van der Waals surface area contributed by atoms with E-state index in [0.29, 0.717) is 19.4 Å². The summed E-state index contributed by atoms with van der Waals surface area (Å²) in [6, 6.07) is -0.627. The fourth-order valence-electron chi connectivity index (χ4n) is 12.7. The Kier molecular flexibility index (Phi) is 76.3. The zero-order valence-corrected chi connectivity index (χ0v) is 60.2. The van der Waals surface area contributed by atoms with Gasteiger partial charge in [-0.1, -0.05) is 390 Å². The molecule has 2 unspecified atom stereocenters. The first-order valence-electron chi connectivity index (χ1n) is 40.4. The average Bonchev–Trinajstić information content (AvgIpc) is 3.67. The Balaban J connectivity index is 3.37. The number of esters is 1. The van der Waals surface area contributed by atoms with E-state index in [2.05, 4.69) is 55.6 Å². The number of unbranched alkanes of at least 4 members (excludes halogenated alkanes) is 59. The van der Waals surface area contributed by atoms with Crippen molar-refractivity contribution in [2.24, 2.45) is 0 Å². The number of rotatable bonds is 76. The third-order valence-electron chi connectivity index (χ3n) is 18.8. The number of carbonyl (C=O) groups is 2. The molecule has 0 aliphatic heterocycles. The predicted molar refractivity (Wildman–Crippen MR) is 393 cm³/mol. The fourth-order valence-corrected chi connectivity index (χ4v) is 12.7. The van der Waals surface area contributed by atoms with Gasteiger partial charge in [0.1, 0.15) is 0 Å². The fraction of sp³-hybridized carbons (Fsp3) is 0.880. The smallest absolute Gasteiger partial charge is 0.305 e. The molecule has 89 heavy (non-hydrogen) atoms. The van der Waals surface area contributed by atoms with Crippen LogP contribution >= 0.6 is 0 Å². The van der Waals surface area contributed by atoms with Crippen LogP contribution in [0.5, 0.6) is 0 Å². The van der Waals surface area contributed by atoms with Gasteiger partial charge in [-0.05, 0) is 89.9 Å². The molecular weight excluding hydrogens is 1090 g/mol. The van der Waals surface area contributed by atoms with Crippen molar-refractivity contribution in [2.45, 2.75) is 456 Å². The number of nitrogens with one attached hydrogen (secondary N) is 1. The van der Waals surface area contributed by atoms with Gasteiger partial charge < -0.3 is 20.3 Å². The lowest BCUT2D eigenvalue weighted by Crippen LogP contribution is -2.45. The highest BCUT2D eigenvalue weighted by atomic mass is 16.5. The third kappa shape index (κ3) is 74.7. The molecule has 0 aromatic rings. The molecule has 0 saturated heterocycles. The van der Waals surface area contributed by atoms with Crippen LogP contribution in [0.4, 0.5) is 0 Å². The summed E-state index contributed by atoms with van der Waals surface area (Å²) in [5.74, 6) is -0.0459. The minimum absolute atomic E-state index is 0.0162. The molecule has 0 fully saturated rings. The maximum absolute atomic E-state index is 12.5. The van der Waals surface area contributed by atoms with Crippen molar-refractivity contribution < 1.29 is 24.5 Å². The zero-order chi connectivity index (χ0) is 64.2. The Morgan fingerprint density at radius 2 is 0.562 bits per heavy atom. The molecule has 0 saturated carbocycles. The van der Waals surface area contributed by atoms with Gasteiger partial charge in [-0.25, -0.2) is 0 Å². The maximum Gasteiger partial charge on any atom is 0.305 e. The van der Waals surface area contributed by atoms with Crippen molar-refractivity contribution in [3.63, 3.8) is 0 Å². The van der Waals surface area contributed by atoms with Gasteiger partial charge in [0.2, 0.25) is 5.91 Å². The lowest BCUT2D eigenvalue weighted by Gasteiger charge is -2.20. The van der Waals surface area contributed by atoms with Crippen LogP contribution in [0.15, 0.2) is 48.6 Å². The topological polar surface area (TPSA) is 95.9 Å². The van der Waals surface area contributed by atoms with Gasteiger partial charge in [-0.3, -0.25) is 9.59 Å². The molecule has 0 heterocycles. The lowest BCUT2D eigenvalue weighted by molar-refractivity contribution is -0.143. The van der Waals surface area contributed by atoms with Crippen molar-refractivity contribution in [3.05, 3.63) is 48.6 Å². The largest absolute Gasteiger partial charge is 0.466 e. The second kappa shape index (κ2) is 78.3. The van der Waals surface area contributed by atoms with E-state index < -0.39 is 12.1 Å². The maximum atomic E-state index is 12.5. The highest BCUT2D eigenvalue weighted by Gasteiger charge is 2.18. The van der Waals surface area contributed by atoms with E-state index in [-0.39, 0.29) is 18.5 Å². The predicted octanol–water partition coefficient (Wildman–Crippen LogP) is 26.8. The van der Waals surface area contributed by atoms with E-state index in [1.807, 2.05) is 6.08 Å². The zero-order valence-electron chi connectivity index (χ0n) is 60.2. The molecule has 0 aromatic carbocycles. The molecule has 0 aromatic heterocycles. The Morgan fingerprint density at radius 1 is 0.315 bits per heavy atom. The van der Waals surface area contributed by atoms with Crippen LogP contribution in [0.1, 0.15) is 444 Å². The average molecular weight is 1250 g/mol. The molecule has 6 heteroatoms. The van der Waals surface area contributed by atoms with Gasteiger partial charge >= 0.3 is 5.97 Å². The van der Waals surface area contributed by atoms with Crippen molar-refractivity contribution in [1.29, 1.82) is 0 Å². The Bertz CT molecular complexity index is 1490. The Labute approximate surface area is 556 Å². The quantitative estimate of drug-likeness (QED) is 0.0320. The Morgan fingerprint density at radius 3 is 0.865 bits per heavy atom. The summed E-state index contributed by atoms with van der Waals surface area (Å²) in [6.45, 7) is 4.94. The third-order valence-corrected chi connectivity index (χ3v) is 18.8. The van der Waals surface area contributed by atoms with Gasteiger partial charge in [-0.15, -0.1) is 0 Å². The first-order valence-corrected chi connectivity index (χ1v) is 40.4. The van der Waals surface area contributed by atoms with Crippen molar-refractivity contribution in [1.82, 2.24) is 5.32 Å². The first kappa shape index (κ1) is 86.8. The molecular formula is C83H157NO5. The van der Waals surface area contributed by atoms with Crippen molar-refractivity contribution in [2.75, 3.05) is 13.2 Å². The highest BCUT2D eigenvalue weighted by molar-refractivity contribution is 5.76. The summed E-state index contributed by atoms with van der Waals surface area (Å²) < 4.78 is 5.51. The number of carbonyl (C=O) groups excluding carboxylic acids is 2. The minimum Gasteiger partial charge on any atom is -0.466 e. The summed E-state index contributed by atoms with van der Waals surface area (Å²) in [4.78, 5) is 24.6. The van der Waals surface area contributed by atoms with Gasteiger partial charge in [0.05, 0.1) is 25.4 Å². The number of allylic oxidation sites excluding steroid dienone is 7. The number of amides is 1. The number of aliphatic hydroxyl groups excluding tert-OH is 2. The van der Waals surface area contributed by atoms with Crippen LogP contribution in [-0.2, 0) is 14.3 Å². The standard InChI is InChI=1S/C83H157NO5/c1-3-5-7-9-11-13-15-17-19-21-45-49-53-57-61-65-69-73-77-83(88)89-78-74-70-66-62-58-54-50-46-42-40-38-36-34-32-30-28-26-24-22-23-25-27-29-31-33-35-37-39-41-44-48-52-56-60-64-68-72-76-82(87)84-80(79-85)81(86)75-71-67-63-59-55-51-47-43-20-18-16-14-12-10-8-6-4-2/h19,21-22,24,28,30,71,75,80-81,85-86H,3-18,20,23,25-27,29,31-70,72-74,76-79H2,1-2H3,(H,84,87)/b21-19-,24-22-,30-28-,75-71+. The minimum atomic E-state index is -0.843. The van der Waals surface area contributed by atoms with Gasteiger partial charge in [0, 0.05) is 12.8 Å². The van der Waals surface area contributed by atoms with Gasteiger partial charge in [0.15, 0.2) is 0 Å².